The van der Waals surface area contributed by atoms with E-state index in [2.05, 4.69) is 9.46 Å². The molecule has 112 valence electrons. The van der Waals surface area contributed by atoms with Crippen LogP contribution in [-0.4, -0.2) is 39.5 Å². The molecule has 0 spiro atoms. The summed E-state index contributed by atoms with van der Waals surface area (Å²) in [5.74, 6) is -0.585. The molecular formula is C12H17NO6S. The third-order valence-electron chi connectivity index (χ3n) is 2.47. The van der Waals surface area contributed by atoms with Gasteiger partial charge in [0.15, 0.2) is 11.5 Å². The van der Waals surface area contributed by atoms with E-state index in [-0.39, 0.29) is 35.8 Å². The van der Waals surface area contributed by atoms with E-state index in [0.29, 0.717) is 0 Å². The molecule has 0 atom stereocenters. The number of carbonyl (C=O) groups is 1. The van der Waals surface area contributed by atoms with Gasteiger partial charge in [0, 0.05) is 12.5 Å². The van der Waals surface area contributed by atoms with Gasteiger partial charge in [0.1, 0.15) is 0 Å². The fraction of sp³-hybridized carbons (Fsp3) is 0.417. The molecule has 0 aliphatic carbocycles. The number of benzene rings is 1. The van der Waals surface area contributed by atoms with E-state index in [1.807, 2.05) is 0 Å². The van der Waals surface area contributed by atoms with Crippen LogP contribution >= 0.6 is 0 Å². The van der Waals surface area contributed by atoms with Crippen molar-refractivity contribution in [3.05, 3.63) is 18.2 Å². The number of phenolic OH excluding ortho intramolecular Hbond substituents is 1. The largest absolute Gasteiger partial charge is 0.504 e. The minimum atomic E-state index is -3.58. The van der Waals surface area contributed by atoms with Crippen molar-refractivity contribution in [1.82, 2.24) is 0 Å². The van der Waals surface area contributed by atoms with Crippen LogP contribution in [-0.2, 0) is 19.6 Å². The number of methoxy groups -OCH3 is 2. The van der Waals surface area contributed by atoms with E-state index in [4.69, 9.17) is 4.74 Å². The summed E-state index contributed by atoms with van der Waals surface area (Å²) in [6.07, 6.45) is 0.190. The molecule has 0 aliphatic rings. The molecule has 0 unspecified atom stereocenters. The number of nitrogens with one attached hydrogen (secondary N) is 1. The van der Waals surface area contributed by atoms with E-state index >= 15 is 0 Å². The zero-order chi connectivity index (χ0) is 15.2. The molecule has 0 amide bonds. The Kier molecular flexibility index (Phi) is 5.63. The van der Waals surface area contributed by atoms with E-state index in [9.17, 15) is 18.3 Å². The fourth-order valence-corrected chi connectivity index (χ4v) is 2.61. The Bertz CT molecular complexity index is 569. The first-order valence-electron chi connectivity index (χ1n) is 5.82. The SMILES string of the molecule is COC(=O)CCCS(=O)(=O)Nc1ccc(OC)c(O)c1. The Morgan fingerprint density at radius 2 is 2.05 bits per heavy atom. The lowest BCUT2D eigenvalue weighted by Gasteiger charge is -2.09. The van der Waals surface area contributed by atoms with Gasteiger partial charge in [-0.3, -0.25) is 9.52 Å². The van der Waals surface area contributed by atoms with Gasteiger partial charge >= 0.3 is 5.97 Å². The summed E-state index contributed by atoms with van der Waals surface area (Å²) < 4.78 is 35.1. The Hall–Kier alpha value is -1.96. The highest BCUT2D eigenvalue weighted by Crippen LogP contribution is 2.28. The lowest BCUT2D eigenvalue weighted by Crippen LogP contribution is -2.17. The summed E-state index contributed by atoms with van der Waals surface area (Å²) in [5.41, 5.74) is 0.223. The molecule has 1 aromatic rings. The molecule has 7 nitrogen and oxygen atoms in total. The molecular weight excluding hydrogens is 286 g/mol. The topological polar surface area (TPSA) is 102 Å². The minimum absolute atomic E-state index is 0.0330. The van der Waals surface area contributed by atoms with E-state index in [0.717, 1.165) is 0 Å². The summed E-state index contributed by atoms with van der Waals surface area (Å²) in [6.45, 7) is 0. The summed E-state index contributed by atoms with van der Waals surface area (Å²) in [5, 5.41) is 9.55. The number of rotatable bonds is 7. The van der Waals surface area contributed by atoms with Crippen molar-refractivity contribution in [2.24, 2.45) is 0 Å². The number of hydrogen-bond acceptors (Lipinski definition) is 6. The Labute approximate surface area is 117 Å². The van der Waals surface area contributed by atoms with Gasteiger partial charge in [0.05, 0.1) is 25.7 Å². The highest BCUT2D eigenvalue weighted by molar-refractivity contribution is 7.92. The molecule has 1 rings (SSSR count). The lowest BCUT2D eigenvalue weighted by atomic mass is 10.3. The number of hydrogen-bond donors (Lipinski definition) is 2. The third-order valence-corrected chi connectivity index (χ3v) is 3.85. The van der Waals surface area contributed by atoms with Crippen LogP contribution in [0.15, 0.2) is 18.2 Å². The number of sulfonamides is 1. The van der Waals surface area contributed by atoms with Crippen molar-refractivity contribution in [3.8, 4) is 11.5 Å². The van der Waals surface area contributed by atoms with Gasteiger partial charge in [0.25, 0.3) is 0 Å². The number of carbonyl (C=O) groups excluding carboxylic acids is 1. The molecule has 0 bridgehead atoms. The lowest BCUT2D eigenvalue weighted by molar-refractivity contribution is -0.140. The molecule has 0 aromatic heterocycles. The van der Waals surface area contributed by atoms with Crippen molar-refractivity contribution >= 4 is 21.7 Å². The standard InChI is InChI=1S/C12H17NO6S/c1-18-11-6-5-9(8-10(11)14)13-20(16,17)7-3-4-12(15)19-2/h5-6,8,13-14H,3-4,7H2,1-2H3. The molecule has 20 heavy (non-hydrogen) atoms. The van der Waals surface area contributed by atoms with Crippen molar-refractivity contribution < 1.29 is 27.8 Å². The quantitative estimate of drug-likeness (QED) is 0.731. The van der Waals surface area contributed by atoms with Crippen molar-refractivity contribution in [1.29, 1.82) is 0 Å². The van der Waals surface area contributed by atoms with Gasteiger partial charge in [-0.15, -0.1) is 0 Å². The van der Waals surface area contributed by atoms with Crippen molar-refractivity contribution in [2.75, 3.05) is 24.7 Å². The van der Waals surface area contributed by atoms with Gasteiger partial charge in [0.2, 0.25) is 10.0 Å². The second-order valence-corrected chi connectivity index (χ2v) is 5.83. The van der Waals surface area contributed by atoms with Crippen molar-refractivity contribution in [3.63, 3.8) is 0 Å². The zero-order valence-corrected chi connectivity index (χ0v) is 12.1. The fourth-order valence-electron chi connectivity index (χ4n) is 1.49. The summed E-state index contributed by atoms with van der Waals surface area (Å²) in [7, 11) is -0.945. The van der Waals surface area contributed by atoms with Gasteiger partial charge in [-0.1, -0.05) is 0 Å². The molecule has 1 aromatic carbocycles. The first kappa shape index (κ1) is 16.1. The monoisotopic (exact) mass is 303 g/mol. The average molecular weight is 303 g/mol. The molecule has 8 heteroatoms. The summed E-state index contributed by atoms with van der Waals surface area (Å²) in [4.78, 5) is 10.9. The van der Waals surface area contributed by atoms with Crippen LogP contribution in [0.1, 0.15) is 12.8 Å². The normalized spacial score (nSPS) is 10.9. The van der Waals surface area contributed by atoms with Crippen LogP contribution in [0, 0.1) is 0 Å². The van der Waals surface area contributed by atoms with Crippen LogP contribution < -0.4 is 9.46 Å². The number of anilines is 1. The molecule has 0 radical (unpaired) electrons. The molecule has 0 saturated carbocycles. The van der Waals surface area contributed by atoms with Gasteiger partial charge < -0.3 is 14.6 Å². The van der Waals surface area contributed by atoms with Gasteiger partial charge in [-0.2, -0.15) is 0 Å². The highest BCUT2D eigenvalue weighted by atomic mass is 32.2. The first-order valence-corrected chi connectivity index (χ1v) is 7.47. The highest BCUT2D eigenvalue weighted by Gasteiger charge is 2.13. The zero-order valence-electron chi connectivity index (χ0n) is 11.3. The summed E-state index contributed by atoms with van der Waals surface area (Å²) in [6, 6.07) is 4.16. The number of esters is 1. The van der Waals surface area contributed by atoms with E-state index < -0.39 is 16.0 Å². The number of aromatic hydroxyl groups is 1. The predicted molar refractivity (Wildman–Crippen MR) is 73.3 cm³/mol. The second kappa shape index (κ2) is 6.99. The Morgan fingerprint density at radius 1 is 1.35 bits per heavy atom. The number of ether oxygens (including phenoxy) is 2. The van der Waals surface area contributed by atoms with Crippen LogP contribution in [0.3, 0.4) is 0 Å². The first-order chi connectivity index (χ1) is 9.38. The molecule has 0 saturated heterocycles. The van der Waals surface area contributed by atoms with Crippen LogP contribution in [0.2, 0.25) is 0 Å². The maximum absolute atomic E-state index is 11.8. The average Bonchev–Trinajstić information content (AvgIpc) is 2.38. The van der Waals surface area contributed by atoms with E-state index in [1.54, 1.807) is 0 Å². The van der Waals surface area contributed by atoms with Crippen LogP contribution in [0.4, 0.5) is 5.69 Å². The van der Waals surface area contributed by atoms with Gasteiger partial charge in [-0.25, -0.2) is 8.42 Å². The Morgan fingerprint density at radius 3 is 2.60 bits per heavy atom. The minimum Gasteiger partial charge on any atom is -0.504 e. The maximum atomic E-state index is 11.8. The van der Waals surface area contributed by atoms with Gasteiger partial charge in [-0.05, 0) is 18.6 Å². The third kappa shape index (κ3) is 4.96. The second-order valence-electron chi connectivity index (χ2n) is 3.99. The Balaban J connectivity index is 2.62. The molecule has 0 fully saturated rings. The molecule has 0 heterocycles. The molecule has 2 N–H and O–H groups in total. The molecule has 0 aliphatic heterocycles. The number of phenols is 1. The van der Waals surface area contributed by atoms with Crippen LogP contribution in [0.25, 0.3) is 0 Å². The van der Waals surface area contributed by atoms with E-state index in [1.165, 1.54) is 32.4 Å². The predicted octanol–water partition coefficient (Wildman–Crippen LogP) is 1.10. The smallest absolute Gasteiger partial charge is 0.305 e. The van der Waals surface area contributed by atoms with Crippen LogP contribution in [0.5, 0.6) is 11.5 Å². The maximum Gasteiger partial charge on any atom is 0.305 e. The summed E-state index contributed by atoms with van der Waals surface area (Å²) >= 11 is 0. The van der Waals surface area contributed by atoms with Crippen molar-refractivity contribution in [2.45, 2.75) is 12.8 Å².